The fraction of sp³-hybridized carbons (Fsp3) is 1.00. The smallest absolute Gasteiger partial charge is 0.146 e. The fourth-order valence-corrected chi connectivity index (χ4v) is 1.34. The van der Waals surface area contributed by atoms with Gasteiger partial charge in [-0.15, -0.1) is 0 Å². The molecule has 0 spiro atoms. The molecule has 0 N–H and O–H groups in total. The van der Waals surface area contributed by atoms with Crippen LogP contribution < -0.4 is 0 Å². The predicted octanol–water partition coefficient (Wildman–Crippen LogP) is 2.96. The molecule has 0 heterocycles. The van der Waals surface area contributed by atoms with Gasteiger partial charge in [-0.3, -0.25) is 0 Å². The van der Waals surface area contributed by atoms with Gasteiger partial charge in [0.15, 0.2) is 0 Å². The number of ether oxygens (including phenoxy) is 4. The van der Waals surface area contributed by atoms with Crippen LogP contribution in [0.5, 0.6) is 0 Å². The summed E-state index contributed by atoms with van der Waals surface area (Å²) in [4.78, 5) is 0. The van der Waals surface area contributed by atoms with Crippen LogP contribution in [0.2, 0.25) is 0 Å². The molecule has 0 aliphatic rings. The van der Waals surface area contributed by atoms with Crippen LogP contribution in [-0.4, -0.2) is 40.0 Å². The molecule has 0 aromatic rings. The maximum absolute atomic E-state index is 5.28. The van der Waals surface area contributed by atoms with E-state index in [-0.39, 0.29) is 0 Å². The Morgan fingerprint density at radius 2 is 0.941 bits per heavy atom. The molecule has 0 atom stereocenters. The summed E-state index contributed by atoms with van der Waals surface area (Å²) in [5.74, 6) is 0. The molecule has 4 nitrogen and oxygen atoms in total. The molecule has 0 aliphatic heterocycles. The fourth-order valence-electron chi connectivity index (χ4n) is 1.34. The number of hydrogen-bond acceptors (Lipinski definition) is 4. The van der Waals surface area contributed by atoms with Crippen molar-refractivity contribution in [1.29, 1.82) is 0 Å². The maximum Gasteiger partial charge on any atom is 0.146 e. The van der Waals surface area contributed by atoms with E-state index in [0.717, 1.165) is 39.3 Å². The van der Waals surface area contributed by atoms with Crippen LogP contribution in [0.25, 0.3) is 0 Å². The van der Waals surface area contributed by atoms with Gasteiger partial charge < -0.3 is 18.9 Å². The second kappa shape index (κ2) is 15.8. The average molecular weight is 248 g/mol. The van der Waals surface area contributed by atoms with Crippen LogP contribution in [0.4, 0.5) is 0 Å². The van der Waals surface area contributed by atoms with E-state index < -0.39 is 0 Å². The average Bonchev–Trinajstić information content (AvgIpc) is 2.35. The summed E-state index contributed by atoms with van der Waals surface area (Å²) in [6.07, 6.45) is 5.92. The normalized spacial score (nSPS) is 10.9. The highest BCUT2D eigenvalue weighted by atomic mass is 16.7. The van der Waals surface area contributed by atoms with Crippen LogP contribution in [0.1, 0.15) is 46.0 Å². The number of unbranched alkanes of at least 4 members (excludes halogenated alkanes) is 4. The minimum Gasteiger partial charge on any atom is -0.356 e. The van der Waals surface area contributed by atoms with Crippen LogP contribution in [0.3, 0.4) is 0 Å². The van der Waals surface area contributed by atoms with Crippen LogP contribution in [0, 0.1) is 0 Å². The Hall–Kier alpha value is -0.160. The lowest BCUT2D eigenvalue weighted by atomic mass is 10.1. The van der Waals surface area contributed by atoms with Gasteiger partial charge in [0.25, 0.3) is 0 Å². The number of hydrogen-bond donors (Lipinski definition) is 0. The number of rotatable bonds is 14. The lowest BCUT2D eigenvalue weighted by Gasteiger charge is -2.05. The Labute approximate surface area is 106 Å². The summed E-state index contributed by atoms with van der Waals surface area (Å²) in [6, 6.07) is 0. The van der Waals surface area contributed by atoms with Gasteiger partial charge in [-0.25, -0.2) is 0 Å². The lowest BCUT2D eigenvalue weighted by molar-refractivity contribution is -0.0513. The highest BCUT2D eigenvalue weighted by Crippen LogP contribution is 2.03. The first kappa shape index (κ1) is 16.8. The van der Waals surface area contributed by atoms with Crippen molar-refractivity contribution in [2.75, 3.05) is 40.0 Å². The van der Waals surface area contributed by atoms with E-state index in [9.17, 15) is 0 Å². The van der Waals surface area contributed by atoms with Crippen molar-refractivity contribution in [3.05, 3.63) is 0 Å². The standard InChI is InChI=1S/C13H28O4/c1-3-14-12-16-10-8-6-5-7-9-11-17-13-15-4-2/h3-13H2,1-2H3. The molecule has 0 radical (unpaired) electrons. The Bertz CT molecular complexity index is 117. The zero-order valence-electron chi connectivity index (χ0n) is 11.4. The Balaban J connectivity index is 2.85. The summed E-state index contributed by atoms with van der Waals surface area (Å²) >= 11 is 0. The van der Waals surface area contributed by atoms with Crippen molar-refractivity contribution in [3.63, 3.8) is 0 Å². The van der Waals surface area contributed by atoms with E-state index in [1.165, 1.54) is 19.3 Å². The van der Waals surface area contributed by atoms with Crippen LogP contribution in [-0.2, 0) is 18.9 Å². The molecule has 4 heteroatoms. The van der Waals surface area contributed by atoms with Crippen LogP contribution in [0.15, 0.2) is 0 Å². The highest BCUT2D eigenvalue weighted by Gasteiger charge is 1.92. The summed E-state index contributed by atoms with van der Waals surface area (Å²) in [7, 11) is 0. The summed E-state index contributed by atoms with van der Waals surface area (Å²) in [6.45, 7) is 7.86. The van der Waals surface area contributed by atoms with Gasteiger partial charge in [-0.1, -0.05) is 19.3 Å². The van der Waals surface area contributed by atoms with Crippen molar-refractivity contribution in [3.8, 4) is 0 Å². The van der Waals surface area contributed by atoms with E-state index in [1.807, 2.05) is 13.8 Å². The van der Waals surface area contributed by atoms with Crippen LogP contribution >= 0.6 is 0 Å². The third-order valence-corrected chi connectivity index (χ3v) is 2.32. The van der Waals surface area contributed by atoms with Crippen molar-refractivity contribution in [1.82, 2.24) is 0 Å². The molecule has 0 bridgehead atoms. The van der Waals surface area contributed by atoms with Gasteiger partial charge in [-0.05, 0) is 26.7 Å². The van der Waals surface area contributed by atoms with Crippen molar-refractivity contribution >= 4 is 0 Å². The maximum atomic E-state index is 5.28. The molecule has 17 heavy (non-hydrogen) atoms. The molecule has 0 aliphatic carbocycles. The van der Waals surface area contributed by atoms with Gasteiger partial charge in [0.1, 0.15) is 13.6 Å². The van der Waals surface area contributed by atoms with Crippen molar-refractivity contribution in [2.45, 2.75) is 46.0 Å². The van der Waals surface area contributed by atoms with Crippen molar-refractivity contribution in [2.24, 2.45) is 0 Å². The topological polar surface area (TPSA) is 36.9 Å². The van der Waals surface area contributed by atoms with Gasteiger partial charge in [0.2, 0.25) is 0 Å². The minimum absolute atomic E-state index is 0.432. The predicted molar refractivity (Wildman–Crippen MR) is 68.0 cm³/mol. The molecule has 0 fully saturated rings. The zero-order valence-corrected chi connectivity index (χ0v) is 11.4. The molecule has 0 unspecified atom stereocenters. The molecule has 0 aromatic carbocycles. The van der Waals surface area contributed by atoms with Gasteiger partial charge in [-0.2, -0.15) is 0 Å². The second-order valence-electron chi connectivity index (χ2n) is 3.81. The molecular weight excluding hydrogens is 220 g/mol. The van der Waals surface area contributed by atoms with Gasteiger partial charge in [0.05, 0.1) is 0 Å². The van der Waals surface area contributed by atoms with Crippen molar-refractivity contribution < 1.29 is 18.9 Å². The summed E-state index contributed by atoms with van der Waals surface area (Å²) in [5, 5.41) is 0. The van der Waals surface area contributed by atoms with E-state index in [4.69, 9.17) is 18.9 Å². The third kappa shape index (κ3) is 15.8. The SMILES string of the molecule is CCOCOCCCCCCCOCOCC. The first-order chi connectivity index (χ1) is 8.41. The highest BCUT2D eigenvalue weighted by molar-refractivity contribution is 4.43. The Morgan fingerprint density at radius 3 is 1.35 bits per heavy atom. The summed E-state index contributed by atoms with van der Waals surface area (Å²) in [5.41, 5.74) is 0. The van der Waals surface area contributed by atoms with Gasteiger partial charge in [0, 0.05) is 26.4 Å². The molecule has 0 rings (SSSR count). The third-order valence-electron chi connectivity index (χ3n) is 2.32. The molecule has 0 saturated carbocycles. The molecular formula is C13H28O4. The first-order valence-corrected chi connectivity index (χ1v) is 6.72. The molecule has 104 valence electrons. The molecule has 0 amide bonds. The minimum atomic E-state index is 0.432. The van der Waals surface area contributed by atoms with Gasteiger partial charge >= 0.3 is 0 Å². The lowest BCUT2D eigenvalue weighted by Crippen LogP contribution is -2.02. The monoisotopic (exact) mass is 248 g/mol. The van der Waals surface area contributed by atoms with E-state index in [2.05, 4.69) is 0 Å². The Kier molecular flexibility index (Phi) is 15.7. The van der Waals surface area contributed by atoms with E-state index in [0.29, 0.717) is 13.6 Å². The first-order valence-electron chi connectivity index (χ1n) is 6.72. The molecule has 0 aromatic heterocycles. The largest absolute Gasteiger partial charge is 0.356 e. The second-order valence-corrected chi connectivity index (χ2v) is 3.81. The van der Waals surface area contributed by atoms with E-state index >= 15 is 0 Å². The zero-order chi connectivity index (χ0) is 12.6. The summed E-state index contributed by atoms with van der Waals surface area (Å²) < 4.78 is 20.7. The molecule has 0 saturated heterocycles. The Morgan fingerprint density at radius 1 is 0.529 bits per heavy atom. The quantitative estimate of drug-likeness (QED) is 0.350. The van der Waals surface area contributed by atoms with E-state index in [1.54, 1.807) is 0 Å².